The van der Waals surface area contributed by atoms with Crippen molar-refractivity contribution in [2.24, 2.45) is 0 Å². The highest BCUT2D eigenvalue weighted by molar-refractivity contribution is 5.81. The van der Waals surface area contributed by atoms with Crippen molar-refractivity contribution in [2.75, 3.05) is 14.2 Å². The minimum atomic E-state index is -0.647. The maximum atomic E-state index is 13.0. The van der Waals surface area contributed by atoms with Crippen molar-refractivity contribution in [1.29, 1.82) is 0 Å². The second-order valence-corrected chi connectivity index (χ2v) is 7.06. The van der Waals surface area contributed by atoms with Crippen LogP contribution in [0.15, 0.2) is 72.8 Å². The summed E-state index contributed by atoms with van der Waals surface area (Å²) < 4.78 is 16.4. The van der Waals surface area contributed by atoms with E-state index >= 15 is 0 Å². The molecule has 3 aromatic carbocycles. The molecule has 5 nitrogen and oxygen atoms in total. The van der Waals surface area contributed by atoms with Gasteiger partial charge in [0.05, 0.1) is 20.3 Å². The van der Waals surface area contributed by atoms with Crippen LogP contribution in [0, 0.1) is 6.92 Å². The molecular formula is C25H27NO4. The molecule has 0 aliphatic heterocycles. The van der Waals surface area contributed by atoms with Crippen molar-refractivity contribution in [2.45, 2.75) is 26.0 Å². The first kappa shape index (κ1) is 21.2. The molecule has 3 aromatic rings. The van der Waals surface area contributed by atoms with Gasteiger partial charge >= 0.3 is 0 Å². The Morgan fingerprint density at radius 1 is 0.800 bits per heavy atom. The number of nitrogens with one attached hydrogen (secondary N) is 1. The Morgan fingerprint density at radius 2 is 1.33 bits per heavy atom. The zero-order valence-corrected chi connectivity index (χ0v) is 17.7. The summed E-state index contributed by atoms with van der Waals surface area (Å²) in [4.78, 5) is 13.0. The summed E-state index contributed by atoms with van der Waals surface area (Å²) in [5.41, 5.74) is 2.96. The van der Waals surface area contributed by atoms with E-state index in [-0.39, 0.29) is 11.9 Å². The second kappa shape index (κ2) is 9.83. The number of ether oxygens (including phenoxy) is 3. The van der Waals surface area contributed by atoms with Crippen LogP contribution in [-0.4, -0.2) is 26.2 Å². The molecule has 30 heavy (non-hydrogen) atoms. The highest BCUT2D eigenvalue weighted by atomic mass is 16.5. The van der Waals surface area contributed by atoms with Gasteiger partial charge in [-0.05, 0) is 66.9 Å². The van der Waals surface area contributed by atoms with Crippen LogP contribution in [0.1, 0.15) is 29.7 Å². The average molecular weight is 405 g/mol. The van der Waals surface area contributed by atoms with E-state index in [0.717, 1.165) is 28.2 Å². The highest BCUT2D eigenvalue weighted by Crippen LogP contribution is 2.26. The van der Waals surface area contributed by atoms with Gasteiger partial charge in [-0.1, -0.05) is 36.4 Å². The second-order valence-electron chi connectivity index (χ2n) is 7.06. The van der Waals surface area contributed by atoms with Crippen molar-refractivity contribution in [3.63, 3.8) is 0 Å². The van der Waals surface area contributed by atoms with E-state index in [0.29, 0.717) is 5.75 Å². The van der Waals surface area contributed by atoms with Gasteiger partial charge in [0.25, 0.3) is 5.91 Å². The molecule has 0 fully saturated rings. The third-order valence-electron chi connectivity index (χ3n) is 4.86. The first-order valence-electron chi connectivity index (χ1n) is 9.81. The summed E-state index contributed by atoms with van der Waals surface area (Å²) in [6.07, 6.45) is -0.647. The molecule has 0 aliphatic carbocycles. The Hall–Kier alpha value is -3.47. The zero-order valence-electron chi connectivity index (χ0n) is 17.7. The van der Waals surface area contributed by atoms with Gasteiger partial charge in [-0.2, -0.15) is 0 Å². The number of amides is 1. The monoisotopic (exact) mass is 405 g/mol. The van der Waals surface area contributed by atoms with Crippen LogP contribution in [0.5, 0.6) is 17.2 Å². The molecule has 0 radical (unpaired) electrons. The lowest BCUT2D eigenvalue weighted by molar-refractivity contribution is -0.127. The van der Waals surface area contributed by atoms with Gasteiger partial charge in [-0.3, -0.25) is 4.79 Å². The predicted molar refractivity (Wildman–Crippen MR) is 117 cm³/mol. The summed E-state index contributed by atoms with van der Waals surface area (Å²) in [7, 11) is 3.25. The van der Waals surface area contributed by atoms with Crippen molar-refractivity contribution in [3.05, 3.63) is 89.5 Å². The Kier molecular flexibility index (Phi) is 6.96. The van der Waals surface area contributed by atoms with Crippen molar-refractivity contribution < 1.29 is 19.0 Å². The fourth-order valence-electron chi connectivity index (χ4n) is 3.16. The first-order chi connectivity index (χ1) is 14.5. The van der Waals surface area contributed by atoms with Crippen molar-refractivity contribution in [1.82, 2.24) is 5.32 Å². The number of carbonyl (C=O) groups excluding carboxylic acids is 1. The van der Waals surface area contributed by atoms with Gasteiger partial charge in [0.2, 0.25) is 0 Å². The SMILES string of the molecule is COc1ccc(C(NC(=O)C(C)Oc2cccc(C)c2)c2ccc(OC)cc2)cc1. The Morgan fingerprint density at radius 3 is 1.80 bits per heavy atom. The topological polar surface area (TPSA) is 56.8 Å². The van der Waals surface area contributed by atoms with Gasteiger partial charge in [0.15, 0.2) is 6.10 Å². The number of methoxy groups -OCH3 is 2. The number of carbonyl (C=O) groups is 1. The lowest BCUT2D eigenvalue weighted by atomic mass is 9.98. The standard InChI is InChI=1S/C25H27NO4/c1-17-6-5-7-23(16-17)30-18(2)25(27)26-24(19-8-12-21(28-3)13-9-19)20-10-14-22(29-4)15-11-20/h5-16,18,24H,1-4H3,(H,26,27). The quantitative estimate of drug-likeness (QED) is 0.591. The van der Waals surface area contributed by atoms with E-state index in [1.54, 1.807) is 21.1 Å². The van der Waals surface area contributed by atoms with E-state index in [4.69, 9.17) is 14.2 Å². The van der Waals surface area contributed by atoms with Crippen LogP contribution in [0.2, 0.25) is 0 Å². The number of rotatable bonds is 8. The minimum Gasteiger partial charge on any atom is -0.497 e. The van der Waals surface area contributed by atoms with E-state index in [9.17, 15) is 4.79 Å². The summed E-state index contributed by atoms with van der Waals surface area (Å²) >= 11 is 0. The molecule has 5 heteroatoms. The lowest BCUT2D eigenvalue weighted by Crippen LogP contribution is -2.39. The molecule has 0 spiro atoms. The molecule has 1 amide bonds. The smallest absolute Gasteiger partial charge is 0.261 e. The van der Waals surface area contributed by atoms with E-state index in [1.807, 2.05) is 79.7 Å². The molecule has 1 unspecified atom stereocenters. The molecular weight excluding hydrogens is 378 g/mol. The van der Waals surface area contributed by atoms with Crippen LogP contribution in [0.4, 0.5) is 0 Å². The summed E-state index contributed by atoms with van der Waals surface area (Å²) in [5, 5.41) is 3.11. The predicted octanol–water partition coefficient (Wildman–Crippen LogP) is 4.69. The maximum Gasteiger partial charge on any atom is 0.261 e. The van der Waals surface area contributed by atoms with Crippen LogP contribution in [0.3, 0.4) is 0 Å². The van der Waals surface area contributed by atoms with E-state index in [2.05, 4.69) is 5.32 Å². The van der Waals surface area contributed by atoms with Gasteiger partial charge in [0.1, 0.15) is 17.2 Å². The van der Waals surface area contributed by atoms with E-state index in [1.165, 1.54) is 0 Å². The van der Waals surface area contributed by atoms with Crippen LogP contribution >= 0.6 is 0 Å². The Balaban J connectivity index is 1.82. The van der Waals surface area contributed by atoms with Crippen LogP contribution in [0.25, 0.3) is 0 Å². The van der Waals surface area contributed by atoms with E-state index < -0.39 is 6.10 Å². The van der Waals surface area contributed by atoms with Crippen LogP contribution in [-0.2, 0) is 4.79 Å². The van der Waals surface area contributed by atoms with Crippen molar-refractivity contribution >= 4 is 5.91 Å². The molecule has 0 heterocycles. The highest BCUT2D eigenvalue weighted by Gasteiger charge is 2.22. The molecule has 0 saturated carbocycles. The maximum absolute atomic E-state index is 13.0. The summed E-state index contributed by atoms with van der Waals surface area (Å²) in [6.45, 7) is 3.73. The van der Waals surface area contributed by atoms with Gasteiger partial charge < -0.3 is 19.5 Å². The van der Waals surface area contributed by atoms with Gasteiger partial charge in [-0.15, -0.1) is 0 Å². The summed E-state index contributed by atoms with van der Waals surface area (Å²) in [6, 6.07) is 22.6. The largest absolute Gasteiger partial charge is 0.497 e. The van der Waals surface area contributed by atoms with Crippen molar-refractivity contribution in [3.8, 4) is 17.2 Å². The molecule has 1 atom stereocenters. The fraction of sp³-hybridized carbons (Fsp3) is 0.240. The molecule has 0 saturated heterocycles. The number of hydrogen-bond acceptors (Lipinski definition) is 4. The number of benzene rings is 3. The zero-order chi connectivity index (χ0) is 21.5. The number of hydrogen-bond donors (Lipinski definition) is 1. The summed E-state index contributed by atoms with van der Waals surface area (Å²) in [5.74, 6) is 1.99. The minimum absolute atomic E-state index is 0.201. The normalized spacial score (nSPS) is 11.6. The first-order valence-corrected chi connectivity index (χ1v) is 9.81. The lowest BCUT2D eigenvalue weighted by Gasteiger charge is -2.23. The van der Waals surface area contributed by atoms with Crippen LogP contribution < -0.4 is 19.5 Å². The Labute approximate surface area is 177 Å². The third-order valence-corrected chi connectivity index (χ3v) is 4.86. The third kappa shape index (κ3) is 5.32. The Bertz CT molecular complexity index is 920. The number of aryl methyl sites for hydroxylation is 1. The van der Waals surface area contributed by atoms with Gasteiger partial charge in [0, 0.05) is 0 Å². The van der Waals surface area contributed by atoms with Gasteiger partial charge in [-0.25, -0.2) is 0 Å². The molecule has 156 valence electrons. The molecule has 0 aromatic heterocycles. The molecule has 1 N–H and O–H groups in total. The average Bonchev–Trinajstić information content (AvgIpc) is 2.77. The molecule has 3 rings (SSSR count). The molecule has 0 aliphatic rings. The molecule has 0 bridgehead atoms. The fourth-order valence-corrected chi connectivity index (χ4v) is 3.16.